The number of halogens is 2. The third-order valence-corrected chi connectivity index (χ3v) is 8.70. The van der Waals surface area contributed by atoms with Crippen LogP contribution in [0.4, 0.5) is 0 Å². The number of benzene rings is 2. The van der Waals surface area contributed by atoms with Gasteiger partial charge < -0.3 is 0 Å². The van der Waals surface area contributed by atoms with Crippen molar-refractivity contribution in [2.24, 2.45) is 5.92 Å². The van der Waals surface area contributed by atoms with Crippen LogP contribution in [0.25, 0.3) is 0 Å². The van der Waals surface area contributed by atoms with E-state index >= 15 is 0 Å². The molecule has 0 radical (unpaired) electrons. The highest BCUT2D eigenvalue weighted by Gasteiger charge is 2.39. The zero-order chi connectivity index (χ0) is 25.0. The lowest BCUT2D eigenvalue weighted by Crippen LogP contribution is -2.51. The molecule has 4 rings (SSSR count). The van der Waals surface area contributed by atoms with Gasteiger partial charge in [-0.2, -0.15) is 0 Å². The molecule has 2 aromatic carbocycles. The standard InChI is InChI=1S/C27H31Cl2N3O2S/c1-3-24(16-31-35(33,34)25-8-5-13-30-17-25)32-18-19(2)14-26(21-6-4-7-23(29)15-21)27(32)20-9-11-22(28)12-10-20/h4-13,15,17,19,24,26-27,31H,3,14,16,18H2,1-2H3/t19-,24+,26-,27-/m1/s1. The Hall–Kier alpha value is -1.96. The highest BCUT2D eigenvalue weighted by molar-refractivity contribution is 7.89. The van der Waals surface area contributed by atoms with Crippen LogP contribution in [-0.2, 0) is 10.0 Å². The third kappa shape index (κ3) is 6.25. The van der Waals surface area contributed by atoms with E-state index in [1.54, 1.807) is 18.3 Å². The Balaban J connectivity index is 1.68. The van der Waals surface area contributed by atoms with Crippen molar-refractivity contribution in [3.05, 3.63) is 94.2 Å². The van der Waals surface area contributed by atoms with Crippen molar-refractivity contribution in [1.29, 1.82) is 0 Å². The molecule has 1 aliphatic heterocycles. The number of aromatic nitrogens is 1. The molecule has 0 amide bonds. The summed E-state index contributed by atoms with van der Waals surface area (Å²) in [4.78, 5) is 6.60. The van der Waals surface area contributed by atoms with Gasteiger partial charge in [-0.25, -0.2) is 13.1 Å². The van der Waals surface area contributed by atoms with Crippen molar-refractivity contribution in [1.82, 2.24) is 14.6 Å². The zero-order valence-electron chi connectivity index (χ0n) is 19.9. The topological polar surface area (TPSA) is 62.3 Å². The summed E-state index contributed by atoms with van der Waals surface area (Å²) in [6.07, 6.45) is 4.75. The van der Waals surface area contributed by atoms with Gasteiger partial charge in [-0.05, 0) is 66.3 Å². The summed E-state index contributed by atoms with van der Waals surface area (Å²) >= 11 is 12.6. The zero-order valence-corrected chi connectivity index (χ0v) is 22.3. The van der Waals surface area contributed by atoms with Gasteiger partial charge in [0.05, 0.1) is 0 Å². The van der Waals surface area contributed by atoms with Crippen LogP contribution in [0.1, 0.15) is 49.8 Å². The number of nitrogens with one attached hydrogen (secondary N) is 1. The third-order valence-electron chi connectivity index (χ3n) is 6.80. The molecule has 186 valence electrons. The average molecular weight is 533 g/mol. The maximum atomic E-state index is 12.9. The summed E-state index contributed by atoms with van der Waals surface area (Å²) in [5.41, 5.74) is 2.36. The first-order valence-electron chi connectivity index (χ1n) is 11.9. The van der Waals surface area contributed by atoms with Crippen molar-refractivity contribution in [3.63, 3.8) is 0 Å². The average Bonchev–Trinajstić information content (AvgIpc) is 2.85. The van der Waals surface area contributed by atoms with Gasteiger partial charge in [-0.3, -0.25) is 9.88 Å². The number of sulfonamides is 1. The fraction of sp³-hybridized carbons (Fsp3) is 0.370. The molecule has 2 heterocycles. The molecule has 35 heavy (non-hydrogen) atoms. The van der Waals surface area contributed by atoms with Crippen LogP contribution >= 0.6 is 23.2 Å². The van der Waals surface area contributed by atoms with E-state index in [0.717, 1.165) is 24.4 Å². The molecular weight excluding hydrogens is 501 g/mol. The van der Waals surface area contributed by atoms with E-state index in [4.69, 9.17) is 23.2 Å². The van der Waals surface area contributed by atoms with E-state index in [9.17, 15) is 8.42 Å². The number of piperidine rings is 1. The van der Waals surface area contributed by atoms with Crippen molar-refractivity contribution in [3.8, 4) is 0 Å². The van der Waals surface area contributed by atoms with E-state index in [1.807, 2.05) is 24.3 Å². The van der Waals surface area contributed by atoms with Crippen LogP contribution in [0.15, 0.2) is 78.0 Å². The first-order chi connectivity index (χ1) is 16.8. The van der Waals surface area contributed by atoms with E-state index in [1.165, 1.54) is 17.3 Å². The second-order valence-corrected chi connectivity index (χ2v) is 11.9. The number of nitrogens with zero attached hydrogens (tertiary/aromatic N) is 2. The van der Waals surface area contributed by atoms with E-state index in [2.05, 4.69) is 52.7 Å². The van der Waals surface area contributed by atoms with Gasteiger partial charge in [0.25, 0.3) is 0 Å². The normalized spacial score (nSPS) is 22.1. The second kappa shape index (κ2) is 11.4. The summed E-state index contributed by atoms with van der Waals surface area (Å²) in [5, 5.41) is 1.42. The molecule has 1 aromatic heterocycles. The van der Waals surface area contributed by atoms with E-state index in [-0.39, 0.29) is 22.9 Å². The molecule has 0 spiro atoms. The SMILES string of the molecule is CC[C@@H](CNS(=O)(=O)c1cccnc1)N1C[C@H](C)C[C@H](c2cccc(Cl)c2)[C@H]1c1ccc(Cl)cc1. The lowest BCUT2D eigenvalue weighted by Gasteiger charge is -2.48. The van der Waals surface area contributed by atoms with Crippen molar-refractivity contribution < 1.29 is 8.42 Å². The maximum Gasteiger partial charge on any atom is 0.242 e. The Morgan fingerprint density at radius 3 is 2.49 bits per heavy atom. The van der Waals surface area contributed by atoms with Gasteiger partial charge in [0.15, 0.2) is 0 Å². The molecule has 1 N–H and O–H groups in total. The smallest absolute Gasteiger partial charge is 0.242 e. The molecule has 5 nitrogen and oxygen atoms in total. The molecule has 1 saturated heterocycles. The Kier molecular flexibility index (Phi) is 8.50. The highest BCUT2D eigenvalue weighted by atomic mass is 35.5. The van der Waals surface area contributed by atoms with E-state index < -0.39 is 10.0 Å². The lowest BCUT2D eigenvalue weighted by atomic mass is 9.76. The molecule has 3 aromatic rings. The predicted molar refractivity (Wildman–Crippen MR) is 142 cm³/mol. The quantitative estimate of drug-likeness (QED) is 0.369. The largest absolute Gasteiger partial charge is 0.291 e. The summed E-state index contributed by atoms with van der Waals surface area (Å²) in [6, 6.07) is 19.4. The molecule has 0 aliphatic carbocycles. The Morgan fingerprint density at radius 2 is 1.83 bits per heavy atom. The van der Waals surface area contributed by atoms with Crippen molar-refractivity contribution in [2.75, 3.05) is 13.1 Å². The van der Waals surface area contributed by atoms with Crippen molar-refractivity contribution in [2.45, 2.75) is 49.6 Å². The molecule has 1 aliphatic rings. The summed E-state index contributed by atoms with van der Waals surface area (Å²) in [6.45, 7) is 5.55. The van der Waals surface area contributed by atoms with Crippen LogP contribution in [0.3, 0.4) is 0 Å². The number of pyridine rings is 1. The number of hydrogen-bond donors (Lipinski definition) is 1. The Bertz CT molecular complexity index is 1220. The van der Waals surface area contributed by atoms with Gasteiger partial charge in [0, 0.05) is 53.5 Å². The molecule has 4 atom stereocenters. The van der Waals surface area contributed by atoms with Gasteiger partial charge in [0.2, 0.25) is 10.0 Å². The van der Waals surface area contributed by atoms with Gasteiger partial charge in [0.1, 0.15) is 4.90 Å². The minimum atomic E-state index is -3.65. The maximum absolute atomic E-state index is 12.9. The summed E-state index contributed by atoms with van der Waals surface area (Å²) < 4.78 is 28.7. The molecular formula is C27H31Cl2N3O2S. The predicted octanol–water partition coefficient (Wildman–Crippen LogP) is 6.31. The second-order valence-electron chi connectivity index (χ2n) is 9.30. The number of hydrogen-bond acceptors (Lipinski definition) is 4. The summed E-state index contributed by atoms with van der Waals surface area (Å²) in [7, 11) is -3.65. The van der Waals surface area contributed by atoms with Gasteiger partial charge in [-0.1, -0.05) is 61.3 Å². The van der Waals surface area contributed by atoms with E-state index in [0.29, 0.717) is 17.5 Å². The van der Waals surface area contributed by atoms with Crippen LogP contribution in [0, 0.1) is 5.92 Å². The first-order valence-corrected chi connectivity index (χ1v) is 14.2. The minimum absolute atomic E-state index is 0.00607. The highest BCUT2D eigenvalue weighted by Crippen LogP contribution is 2.46. The fourth-order valence-electron chi connectivity index (χ4n) is 5.15. The van der Waals surface area contributed by atoms with Crippen LogP contribution in [0.2, 0.25) is 10.0 Å². The monoisotopic (exact) mass is 531 g/mol. The molecule has 8 heteroatoms. The number of rotatable bonds is 8. The number of likely N-dealkylation sites (tertiary alicyclic amines) is 1. The lowest BCUT2D eigenvalue weighted by molar-refractivity contribution is 0.0493. The molecule has 0 unspecified atom stereocenters. The summed E-state index contributed by atoms with van der Waals surface area (Å²) in [5.74, 6) is 0.647. The van der Waals surface area contributed by atoms with Crippen LogP contribution in [-0.4, -0.2) is 37.4 Å². The van der Waals surface area contributed by atoms with Crippen LogP contribution in [0.5, 0.6) is 0 Å². The minimum Gasteiger partial charge on any atom is -0.291 e. The molecule has 1 fully saturated rings. The Labute approximate surface area is 218 Å². The van der Waals surface area contributed by atoms with Gasteiger partial charge in [-0.15, -0.1) is 0 Å². The van der Waals surface area contributed by atoms with Crippen molar-refractivity contribution >= 4 is 33.2 Å². The first kappa shape index (κ1) is 26.1. The van der Waals surface area contributed by atoms with Gasteiger partial charge >= 0.3 is 0 Å². The Morgan fingerprint density at radius 1 is 1.06 bits per heavy atom. The molecule has 0 bridgehead atoms. The van der Waals surface area contributed by atoms with Crippen LogP contribution < -0.4 is 4.72 Å². The fourth-order valence-corrected chi connectivity index (χ4v) is 6.51. The molecule has 0 saturated carbocycles.